The van der Waals surface area contributed by atoms with Crippen LogP contribution in [-0.4, -0.2) is 61.9 Å². The van der Waals surface area contributed by atoms with E-state index in [1.165, 1.54) is 0 Å². The number of piperazine rings is 1. The molecule has 0 radical (unpaired) electrons. The van der Waals surface area contributed by atoms with Gasteiger partial charge < -0.3 is 14.7 Å². The average molecular weight is 380 g/mol. The van der Waals surface area contributed by atoms with Crippen molar-refractivity contribution in [2.24, 2.45) is 0 Å². The molecule has 0 aliphatic carbocycles. The van der Waals surface area contributed by atoms with Crippen molar-refractivity contribution in [3.63, 3.8) is 0 Å². The zero-order valence-electron chi connectivity index (χ0n) is 17.2. The molecule has 1 aliphatic heterocycles. The molecule has 148 valence electrons. The van der Waals surface area contributed by atoms with Crippen molar-refractivity contribution in [2.75, 3.05) is 45.2 Å². The highest BCUT2D eigenvalue weighted by Gasteiger charge is 2.35. The van der Waals surface area contributed by atoms with Crippen LogP contribution in [0.2, 0.25) is 0 Å². The molecule has 1 heterocycles. The molecule has 0 spiro atoms. The summed E-state index contributed by atoms with van der Waals surface area (Å²) in [5.74, 6) is 0.140. The minimum absolute atomic E-state index is 0.0275. The molecule has 0 bridgehead atoms. The van der Waals surface area contributed by atoms with Gasteiger partial charge in [0.1, 0.15) is 0 Å². The maximum Gasteiger partial charge on any atom is 0.253 e. The first-order valence-electron chi connectivity index (χ1n) is 9.72. The fraction of sp³-hybridized carbons (Fsp3) is 0.391. The summed E-state index contributed by atoms with van der Waals surface area (Å²) in [6.07, 6.45) is 0. The molecule has 1 aliphatic rings. The number of carbonyl (C=O) groups excluding carboxylic acids is 2. The smallest absolute Gasteiger partial charge is 0.253 e. The number of benzene rings is 2. The lowest BCUT2D eigenvalue weighted by molar-refractivity contribution is -0.137. The Hall–Kier alpha value is -2.82. The Bertz CT molecular complexity index is 821. The van der Waals surface area contributed by atoms with Crippen LogP contribution in [0.5, 0.6) is 0 Å². The van der Waals surface area contributed by atoms with Gasteiger partial charge in [0.05, 0.1) is 5.41 Å². The molecule has 5 nitrogen and oxygen atoms in total. The van der Waals surface area contributed by atoms with Gasteiger partial charge >= 0.3 is 0 Å². The van der Waals surface area contributed by atoms with Gasteiger partial charge in [-0.05, 0) is 43.7 Å². The second-order valence-corrected chi connectivity index (χ2v) is 8.02. The second-order valence-electron chi connectivity index (χ2n) is 8.02. The molecule has 0 aromatic heterocycles. The number of carbonyl (C=O) groups is 2. The zero-order valence-corrected chi connectivity index (χ0v) is 17.2. The quantitative estimate of drug-likeness (QED) is 0.820. The normalized spacial score (nSPS) is 14.7. The molecule has 0 unspecified atom stereocenters. The number of hydrogen-bond acceptors (Lipinski definition) is 3. The standard InChI is InChI=1S/C23H29N3O2/c1-23(2,19-8-6-5-7-9-19)22(28)26-16-14-25(15-17-26)21(27)18-10-12-20(13-11-18)24(3)4/h5-13H,14-17H2,1-4H3. The van der Waals surface area contributed by atoms with Crippen molar-refractivity contribution in [2.45, 2.75) is 19.3 Å². The van der Waals surface area contributed by atoms with Crippen molar-refractivity contribution in [1.29, 1.82) is 0 Å². The van der Waals surface area contributed by atoms with Gasteiger partial charge in [0.15, 0.2) is 0 Å². The average Bonchev–Trinajstić information content (AvgIpc) is 2.73. The van der Waals surface area contributed by atoms with E-state index < -0.39 is 5.41 Å². The zero-order chi connectivity index (χ0) is 20.3. The van der Waals surface area contributed by atoms with Crippen LogP contribution in [0.15, 0.2) is 54.6 Å². The van der Waals surface area contributed by atoms with Crippen molar-refractivity contribution in [3.05, 3.63) is 65.7 Å². The molecule has 2 aromatic carbocycles. The van der Waals surface area contributed by atoms with Crippen LogP contribution in [0.25, 0.3) is 0 Å². The van der Waals surface area contributed by atoms with Gasteiger partial charge in [-0.2, -0.15) is 0 Å². The maximum absolute atomic E-state index is 13.1. The predicted octanol–water partition coefficient (Wildman–Crippen LogP) is 3.01. The molecule has 0 atom stereocenters. The van der Waals surface area contributed by atoms with Crippen LogP contribution in [0.1, 0.15) is 29.8 Å². The van der Waals surface area contributed by atoms with E-state index in [4.69, 9.17) is 0 Å². The number of hydrogen-bond donors (Lipinski definition) is 0. The van der Waals surface area contributed by atoms with E-state index in [-0.39, 0.29) is 11.8 Å². The number of amides is 2. The third kappa shape index (κ3) is 4.03. The molecule has 3 rings (SSSR count). The van der Waals surface area contributed by atoms with Gasteiger partial charge in [-0.3, -0.25) is 9.59 Å². The Balaban J connectivity index is 1.62. The Morgan fingerprint density at radius 3 is 1.89 bits per heavy atom. The molecular formula is C23H29N3O2. The first-order chi connectivity index (χ1) is 13.3. The van der Waals surface area contributed by atoms with Crippen LogP contribution in [0.4, 0.5) is 5.69 Å². The highest BCUT2D eigenvalue weighted by Crippen LogP contribution is 2.26. The lowest BCUT2D eigenvalue weighted by atomic mass is 9.83. The van der Waals surface area contributed by atoms with Gasteiger partial charge in [-0.15, -0.1) is 0 Å². The summed E-state index contributed by atoms with van der Waals surface area (Å²) >= 11 is 0. The van der Waals surface area contributed by atoms with Crippen molar-refractivity contribution in [3.8, 4) is 0 Å². The third-order valence-electron chi connectivity index (χ3n) is 5.51. The Morgan fingerprint density at radius 2 is 1.36 bits per heavy atom. The number of nitrogens with zero attached hydrogens (tertiary/aromatic N) is 3. The highest BCUT2D eigenvalue weighted by atomic mass is 16.2. The third-order valence-corrected chi connectivity index (χ3v) is 5.51. The second kappa shape index (κ2) is 8.05. The molecule has 1 fully saturated rings. The molecule has 0 N–H and O–H groups in total. The molecular weight excluding hydrogens is 350 g/mol. The van der Waals surface area contributed by atoms with E-state index >= 15 is 0 Å². The van der Waals surface area contributed by atoms with Gasteiger partial charge in [0.2, 0.25) is 5.91 Å². The topological polar surface area (TPSA) is 43.9 Å². The highest BCUT2D eigenvalue weighted by molar-refractivity contribution is 5.95. The van der Waals surface area contributed by atoms with E-state index in [1.54, 1.807) is 0 Å². The number of anilines is 1. The van der Waals surface area contributed by atoms with Crippen LogP contribution >= 0.6 is 0 Å². The van der Waals surface area contributed by atoms with E-state index in [0.717, 1.165) is 11.3 Å². The minimum Gasteiger partial charge on any atom is -0.378 e. The van der Waals surface area contributed by atoms with E-state index in [9.17, 15) is 9.59 Å². The first-order valence-corrected chi connectivity index (χ1v) is 9.72. The van der Waals surface area contributed by atoms with Crippen molar-refractivity contribution in [1.82, 2.24) is 9.80 Å². The summed E-state index contributed by atoms with van der Waals surface area (Å²) < 4.78 is 0. The fourth-order valence-electron chi connectivity index (χ4n) is 3.57. The maximum atomic E-state index is 13.1. The van der Waals surface area contributed by atoms with Crippen LogP contribution < -0.4 is 4.90 Å². The largest absolute Gasteiger partial charge is 0.378 e. The summed E-state index contributed by atoms with van der Waals surface area (Å²) in [5.41, 5.74) is 2.19. The fourth-order valence-corrected chi connectivity index (χ4v) is 3.57. The molecule has 2 amide bonds. The van der Waals surface area contributed by atoms with Crippen LogP contribution in [-0.2, 0) is 10.2 Å². The lowest BCUT2D eigenvalue weighted by Gasteiger charge is -2.38. The van der Waals surface area contributed by atoms with Gasteiger partial charge in [0.25, 0.3) is 5.91 Å². The monoisotopic (exact) mass is 379 g/mol. The number of rotatable bonds is 4. The van der Waals surface area contributed by atoms with E-state index in [1.807, 2.05) is 97.2 Å². The molecule has 1 saturated heterocycles. The van der Waals surface area contributed by atoms with Crippen molar-refractivity contribution >= 4 is 17.5 Å². The van der Waals surface area contributed by atoms with Gasteiger partial charge in [-0.1, -0.05) is 30.3 Å². The molecule has 0 saturated carbocycles. The molecule has 2 aromatic rings. The summed E-state index contributed by atoms with van der Waals surface area (Å²) in [5, 5.41) is 0. The summed E-state index contributed by atoms with van der Waals surface area (Å²) in [6.45, 7) is 6.19. The summed E-state index contributed by atoms with van der Waals surface area (Å²) in [4.78, 5) is 31.6. The van der Waals surface area contributed by atoms with Crippen LogP contribution in [0.3, 0.4) is 0 Å². The Morgan fingerprint density at radius 1 is 0.821 bits per heavy atom. The van der Waals surface area contributed by atoms with E-state index in [0.29, 0.717) is 31.7 Å². The Labute approximate surface area is 167 Å². The summed E-state index contributed by atoms with van der Waals surface area (Å²) in [6, 6.07) is 17.5. The predicted molar refractivity (Wildman–Crippen MR) is 113 cm³/mol. The summed E-state index contributed by atoms with van der Waals surface area (Å²) in [7, 11) is 3.95. The Kier molecular flexibility index (Phi) is 5.73. The van der Waals surface area contributed by atoms with Gasteiger partial charge in [0, 0.05) is 51.5 Å². The SMILES string of the molecule is CN(C)c1ccc(C(=O)N2CCN(C(=O)C(C)(C)c3ccccc3)CC2)cc1. The lowest BCUT2D eigenvalue weighted by Crippen LogP contribution is -2.54. The van der Waals surface area contributed by atoms with Crippen molar-refractivity contribution < 1.29 is 9.59 Å². The molecule has 28 heavy (non-hydrogen) atoms. The van der Waals surface area contributed by atoms with E-state index in [2.05, 4.69) is 0 Å². The molecule has 5 heteroatoms. The van der Waals surface area contributed by atoms with Gasteiger partial charge in [-0.25, -0.2) is 0 Å². The van der Waals surface area contributed by atoms with Crippen LogP contribution in [0, 0.1) is 0 Å². The first kappa shape index (κ1) is 19.9. The minimum atomic E-state index is -0.574.